The highest BCUT2D eigenvalue weighted by Gasteiger charge is 2.40. The van der Waals surface area contributed by atoms with E-state index in [1.165, 1.54) is 27.8 Å². The van der Waals surface area contributed by atoms with Crippen LogP contribution >= 0.6 is 0 Å². The fourth-order valence-corrected chi connectivity index (χ4v) is 6.55. The van der Waals surface area contributed by atoms with Crippen molar-refractivity contribution in [3.05, 3.63) is 112 Å². The van der Waals surface area contributed by atoms with Gasteiger partial charge in [0.15, 0.2) is 0 Å². The summed E-state index contributed by atoms with van der Waals surface area (Å²) in [6.45, 7) is 11.3. The lowest BCUT2D eigenvalue weighted by Crippen LogP contribution is -2.28. The third-order valence-electron chi connectivity index (χ3n) is 8.83. The van der Waals surface area contributed by atoms with E-state index in [0.717, 1.165) is 54.7 Å². The van der Waals surface area contributed by atoms with Crippen LogP contribution in [0.1, 0.15) is 85.7 Å². The Labute approximate surface area is 216 Å². The fraction of sp³-hybridized carbons (Fsp3) is 0.364. The van der Waals surface area contributed by atoms with E-state index in [9.17, 15) is 0 Å². The molecule has 0 bridgehead atoms. The average molecular weight is 476 g/mol. The van der Waals surface area contributed by atoms with Crippen LogP contribution in [0.5, 0.6) is 0 Å². The highest BCUT2D eigenvalue weighted by molar-refractivity contribution is 5.65. The molecule has 4 aromatic rings. The van der Waals surface area contributed by atoms with E-state index in [1.54, 1.807) is 0 Å². The molecule has 0 aliphatic heterocycles. The van der Waals surface area contributed by atoms with Crippen molar-refractivity contribution in [2.75, 3.05) is 0 Å². The summed E-state index contributed by atoms with van der Waals surface area (Å²) in [6.07, 6.45) is 11.3. The summed E-state index contributed by atoms with van der Waals surface area (Å²) in [7, 11) is 0. The first-order chi connectivity index (χ1) is 17.5. The van der Waals surface area contributed by atoms with Crippen LogP contribution in [0, 0.1) is 13.8 Å². The lowest BCUT2D eigenvalue weighted by atomic mass is 9.71. The summed E-state index contributed by atoms with van der Waals surface area (Å²) in [5, 5.41) is 0. The molecule has 36 heavy (non-hydrogen) atoms. The van der Waals surface area contributed by atoms with Crippen LogP contribution in [0.4, 0.5) is 0 Å². The second-order valence-corrected chi connectivity index (χ2v) is 10.4. The minimum absolute atomic E-state index is 0.0331. The fourth-order valence-electron chi connectivity index (χ4n) is 6.55. The molecule has 0 saturated heterocycles. The molecule has 0 radical (unpaired) electrons. The van der Waals surface area contributed by atoms with E-state index < -0.39 is 0 Å². The maximum absolute atomic E-state index is 5.08. The molecule has 0 amide bonds. The van der Waals surface area contributed by atoms with Gasteiger partial charge in [-0.3, -0.25) is 15.0 Å². The third-order valence-corrected chi connectivity index (χ3v) is 8.83. The number of rotatable bonds is 7. The van der Waals surface area contributed by atoms with Crippen LogP contribution in [0.15, 0.2) is 73.2 Å². The van der Waals surface area contributed by atoms with Gasteiger partial charge in [0.2, 0.25) is 0 Å². The monoisotopic (exact) mass is 475 g/mol. The summed E-state index contributed by atoms with van der Waals surface area (Å²) in [5.41, 5.74) is 11.0. The Hall–Kier alpha value is -3.33. The number of hydrogen-bond donors (Lipinski definition) is 0. The van der Waals surface area contributed by atoms with Crippen molar-refractivity contribution in [3.63, 3.8) is 0 Å². The molecule has 0 fully saturated rings. The Kier molecular flexibility index (Phi) is 6.51. The van der Waals surface area contributed by atoms with Crippen molar-refractivity contribution in [2.24, 2.45) is 0 Å². The first-order valence-corrected chi connectivity index (χ1v) is 13.4. The molecule has 3 heteroatoms. The zero-order valence-electron chi connectivity index (χ0n) is 22.3. The van der Waals surface area contributed by atoms with Crippen LogP contribution in [0.25, 0.3) is 11.3 Å². The minimum Gasteiger partial charge on any atom is -0.260 e. The number of aryl methyl sites for hydroxylation is 3. The topological polar surface area (TPSA) is 38.7 Å². The van der Waals surface area contributed by atoms with Crippen LogP contribution in [-0.4, -0.2) is 15.0 Å². The lowest BCUT2D eigenvalue weighted by Gasteiger charge is -2.34. The molecule has 0 saturated carbocycles. The molecule has 3 nitrogen and oxygen atoms in total. The first kappa shape index (κ1) is 24.4. The molecular weight excluding hydrogens is 438 g/mol. The number of pyridine rings is 3. The number of fused-ring (bicyclic) bond motifs is 1. The maximum atomic E-state index is 5.08. The molecule has 1 unspecified atom stereocenters. The van der Waals surface area contributed by atoms with Gasteiger partial charge in [0.05, 0.1) is 17.1 Å². The molecule has 0 spiro atoms. The predicted molar refractivity (Wildman–Crippen MR) is 148 cm³/mol. The van der Waals surface area contributed by atoms with Gasteiger partial charge in [0.25, 0.3) is 0 Å². The van der Waals surface area contributed by atoms with Crippen molar-refractivity contribution >= 4 is 0 Å². The van der Waals surface area contributed by atoms with Gasteiger partial charge >= 0.3 is 0 Å². The maximum Gasteiger partial charge on any atom is 0.0723 e. The zero-order chi connectivity index (χ0) is 25.3. The second kappa shape index (κ2) is 9.61. The summed E-state index contributed by atoms with van der Waals surface area (Å²) < 4.78 is 0. The molecule has 3 heterocycles. The van der Waals surface area contributed by atoms with E-state index in [0.29, 0.717) is 0 Å². The van der Waals surface area contributed by atoms with Gasteiger partial charge in [0, 0.05) is 35.0 Å². The van der Waals surface area contributed by atoms with Gasteiger partial charge in [0.1, 0.15) is 0 Å². The smallest absolute Gasteiger partial charge is 0.0723 e. The van der Waals surface area contributed by atoms with Crippen molar-refractivity contribution < 1.29 is 0 Å². The quantitative estimate of drug-likeness (QED) is 0.273. The number of hydrogen-bond acceptors (Lipinski definition) is 3. The number of nitrogens with zero attached hydrogens (tertiary/aromatic N) is 3. The van der Waals surface area contributed by atoms with E-state index in [2.05, 4.69) is 95.5 Å². The van der Waals surface area contributed by atoms with Crippen LogP contribution in [-0.2, 0) is 17.3 Å². The van der Waals surface area contributed by atoms with Gasteiger partial charge in [-0.1, -0.05) is 51.1 Å². The predicted octanol–water partition coefficient (Wildman–Crippen LogP) is 7.90. The van der Waals surface area contributed by atoms with Gasteiger partial charge in [-0.05, 0) is 98.0 Å². The van der Waals surface area contributed by atoms with E-state index in [1.807, 2.05) is 12.3 Å². The SMILES string of the molecule is CCC(CC)(c1cc(C)c(-c2cc3c(cn2)C(CC)(c2ccccn2)CC3)cn1)c1ccccc1C. The normalized spacial score (nSPS) is 17.2. The number of benzene rings is 1. The van der Waals surface area contributed by atoms with Gasteiger partial charge in [-0.2, -0.15) is 0 Å². The second-order valence-electron chi connectivity index (χ2n) is 10.4. The third kappa shape index (κ3) is 3.77. The molecule has 1 aliphatic carbocycles. The summed E-state index contributed by atoms with van der Waals surface area (Å²) in [5.74, 6) is 0. The molecular formula is C33H37N3. The molecule has 3 aromatic heterocycles. The first-order valence-electron chi connectivity index (χ1n) is 13.4. The molecule has 1 aromatic carbocycles. The molecule has 5 rings (SSSR count). The Morgan fingerprint density at radius 1 is 0.833 bits per heavy atom. The summed E-state index contributed by atoms with van der Waals surface area (Å²) in [4.78, 5) is 14.8. The van der Waals surface area contributed by atoms with Crippen molar-refractivity contribution in [2.45, 2.75) is 77.6 Å². The van der Waals surface area contributed by atoms with Gasteiger partial charge < -0.3 is 0 Å². The Balaban J connectivity index is 1.54. The van der Waals surface area contributed by atoms with Crippen LogP contribution in [0.2, 0.25) is 0 Å². The van der Waals surface area contributed by atoms with E-state index in [-0.39, 0.29) is 10.8 Å². The highest BCUT2D eigenvalue weighted by atomic mass is 14.8. The highest BCUT2D eigenvalue weighted by Crippen LogP contribution is 2.46. The van der Waals surface area contributed by atoms with Crippen molar-refractivity contribution in [1.29, 1.82) is 0 Å². The Morgan fingerprint density at radius 3 is 2.28 bits per heavy atom. The lowest BCUT2D eigenvalue weighted by molar-refractivity contribution is 0.462. The Bertz CT molecular complexity index is 1370. The standard InChI is InChI=1S/C33H37N3/c1-6-32(7-2,27-14-10-9-13-23(27)4)31-19-24(5)26(21-36-31)29-20-25-16-17-33(8-3,28(25)22-35-29)30-15-11-12-18-34-30/h9-15,18-22H,6-8,16-17H2,1-5H3. The molecule has 184 valence electrons. The molecule has 1 aliphatic rings. The Morgan fingerprint density at radius 2 is 1.61 bits per heavy atom. The van der Waals surface area contributed by atoms with E-state index in [4.69, 9.17) is 15.0 Å². The van der Waals surface area contributed by atoms with Crippen molar-refractivity contribution in [3.8, 4) is 11.3 Å². The average Bonchev–Trinajstić information content (AvgIpc) is 3.30. The summed E-state index contributed by atoms with van der Waals surface area (Å²) in [6, 6.07) is 19.6. The van der Waals surface area contributed by atoms with E-state index >= 15 is 0 Å². The van der Waals surface area contributed by atoms with Gasteiger partial charge in [-0.25, -0.2) is 0 Å². The van der Waals surface area contributed by atoms with Gasteiger partial charge in [-0.15, -0.1) is 0 Å². The number of aromatic nitrogens is 3. The molecule has 1 atom stereocenters. The largest absolute Gasteiger partial charge is 0.260 e. The summed E-state index contributed by atoms with van der Waals surface area (Å²) >= 11 is 0. The van der Waals surface area contributed by atoms with Crippen LogP contribution in [0.3, 0.4) is 0 Å². The van der Waals surface area contributed by atoms with Crippen LogP contribution < -0.4 is 0 Å². The van der Waals surface area contributed by atoms with Crippen molar-refractivity contribution in [1.82, 2.24) is 15.0 Å². The zero-order valence-corrected chi connectivity index (χ0v) is 22.3. The molecule has 0 N–H and O–H groups in total. The minimum atomic E-state index is -0.0800.